The second-order valence-corrected chi connectivity index (χ2v) is 6.54. The van der Waals surface area contributed by atoms with E-state index >= 15 is 0 Å². The monoisotopic (exact) mass is 390 g/mol. The van der Waals surface area contributed by atoms with Gasteiger partial charge in [-0.1, -0.05) is 0 Å². The highest BCUT2D eigenvalue weighted by Crippen LogP contribution is 2.29. The first kappa shape index (κ1) is 19.7. The Bertz CT molecular complexity index is 872. The van der Waals surface area contributed by atoms with Gasteiger partial charge in [0, 0.05) is 36.0 Å². The molecule has 2 aromatic heterocycles. The Morgan fingerprint density at radius 3 is 2.75 bits per heavy atom. The molecule has 148 valence electrons. The first-order valence-electron chi connectivity index (χ1n) is 8.84. The maximum Gasteiger partial charge on any atom is 0.272 e. The van der Waals surface area contributed by atoms with Crippen LogP contribution in [-0.4, -0.2) is 34.8 Å². The molecule has 2 heterocycles. The molecule has 1 aliphatic carbocycles. The van der Waals surface area contributed by atoms with E-state index in [-0.39, 0.29) is 30.2 Å². The largest absolute Gasteiger partial charge is 0.471 e. The van der Waals surface area contributed by atoms with Crippen molar-refractivity contribution in [3.8, 4) is 5.88 Å². The van der Waals surface area contributed by atoms with Crippen LogP contribution >= 0.6 is 0 Å². The van der Waals surface area contributed by atoms with Gasteiger partial charge in [-0.15, -0.1) is 0 Å². The SMILES string of the molecule is Cc1cc(CNC(=O)c2ccnc(NC(=O)C3CC3)c2)cnc1OCC(F)F. The summed E-state index contributed by atoms with van der Waals surface area (Å²) < 4.78 is 29.4. The van der Waals surface area contributed by atoms with E-state index in [9.17, 15) is 18.4 Å². The van der Waals surface area contributed by atoms with Crippen molar-refractivity contribution in [3.63, 3.8) is 0 Å². The Morgan fingerprint density at radius 2 is 2.07 bits per heavy atom. The summed E-state index contributed by atoms with van der Waals surface area (Å²) in [4.78, 5) is 32.2. The quantitative estimate of drug-likeness (QED) is 0.723. The zero-order valence-corrected chi connectivity index (χ0v) is 15.2. The Morgan fingerprint density at radius 1 is 1.29 bits per heavy atom. The van der Waals surface area contributed by atoms with E-state index in [1.54, 1.807) is 19.1 Å². The number of rotatable bonds is 8. The minimum absolute atomic E-state index is 0.0441. The molecule has 2 amide bonds. The van der Waals surface area contributed by atoms with Gasteiger partial charge in [-0.2, -0.15) is 0 Å². The van der Waals surface area contributed by atoms with Crippen molar-refractivity contribution in [3.05, 3.63) is 47.3 Å². The number of ether oxygens (including phenoxy) is 1. The number of alkyl halides is 2. The summed E-state index contributed by atoms with van der Waals surface area (Å²) in [5, 5.41) is 5.45. The number of halogens is 2. The van der Waals surface area contributed by atoms with Crippen LogP contribution in [0.4, 0.5) is 14.6 Å². The summed E-state index contributed by atoms with van der Waals surface area (Å²) in [5.41, 5.74) is 1.66. The average Bonchev–Trinajstić information content (AvgIpc) is 3.50. The van der Waals surface area contributed by atoms with Gasteiger partial charge in [0.2, 0.25) is 11.8 Å². The highest BCUT2D eigenvalue weighted by atomic mass is 19.3. The number of hydrogen-bond acceptors (Lipinski definition) is 5. The smallest absolute Gasteiger partial charge is 0.272 e. The molecular formula is C19H20F2N4O3. The molecule has 3 rings (SSSR count). The van der Waals surface area contributed by atoms with Crippen LogP contribution in [0.2, 0.25) is 0 Å². The molecule has 1 aliphatic rings. The molecular weight excluding hydrogens is 370 g/mol. The van der Waals surface area contributed by atoms with Gasteiger partial charge >= 0.3 is 0 Å². The molecule has 0 aliphatic heterocycles. The lowest BCUT2D eigenvalue weighted by atomic mass is 10.2. The second-order valence-electron chi connectivity index (χ2n) is 6.54. The van der Waals surface area contributed by atoms with E-state index in [1.807, 2.05) is 0 Å². The molecule has 0 aromatic carbocycles. The summed E-state index contributed by atoms with van der Waals surface area (Å²) in [7, 11) is 0. The molecule has 0 radical (unpaired) electrons. The van der Waals surface area contributed by atoms with Gasteiger partial charge < -0.3 is 15.4 Å². The molecule has 0 bridgehead atoms. The van der Waals surface area contributed by atoms with Crippen LogP contribution in [0.15, 0.2) is 30.6 Å². The van der Waals surface area contributed by atoms with Gasteiger partial charge in [0.15, 0.2) is 6.61 Å². The lowest BCUT2D eigenvalue weighted by Crippen LogP contribution is -2.23. The van der Waals surface area contributed by atoms with E-state index in [4.69, 9.17) is 4.74 Å². The van der Waals surface area contributed by atoms with Gasteiger partial charge in [0.25, 0.3) is 12.3 Å². The zero-order chi connectivity index (χ0) is 20.1. The topological polar surface area (TPSA) is 93.2 Å². The van der Waals surface area contributed by atoms with Crippen LogP contribution in [0.3, 0.4) is 0 Å². The molecule has 1 saturated carbocycles. The molecule has 28 heavy (non-hydrogen) atoms. The van der Waals surface area contributed by atoms with E-state index in [2.05, 4.69) is 20.6 Å². The summed E-state index contributed by atoms with van der Waals surface area (Å²) in [6, 6.07) is 4.77. The number of nitrogens with one attached hydrogen (secondary N) is 2. The van der Waals surface area contributed by atoms with Crippen molar-refractivity contribution in [2.45, 2.75) is 32.7 Å². The molecule has 0 unspecified atom stereocenters. The number of carbonyl (C=O) groups excluding carboxylic acids is 2. The van der Waals surface area contributed by atoms with Crippen molar-refractivity contribution < 1.29 is 23.1 Å². The second kappa shape index (κ2) is 8.73. The number of amides is 2. The van der Waals surface area contributed by atoms with Crippen LogP contribution in [0.5, 0.6) is 5.88 Å². The fraction of sp³-hybridized carbons (Fsp3) is 0.368. The maximum atomic E-state index is 12.4. The van der Waals surface area contributed by atoms with Crippen LogP contribution in [-0.2, 0) is 11.3 Å². The van der Waals surface area contributed by atoms with Crippen molar-refractivity contribution in [1.29, 1.82) is 0 Å². The summed E-state index contributed by atoms with van der Waals surface area (Å²) in [5.74, 6) is 0.103. The third-order valence-corrected chi connectivity index (χ3v) is 4.11. The Labute approximate surface area is 160 Å². The third kappa shape index (κ3) is 5.45. The Balaban J connectivity index is 1.56. The Hall–Kier alpha value is -3.10. The highest BCUT2D eigenvalue weighted by molar-refractivity contribution is 5.97. The van der Waals surface area contributed by atoms with Gasteiger partial charge in [0.05, 0.1) is 0 Å². The highest BCUT2D eigenvalue weighted by Gasteiger charge is 2.29. The lowest BCUT2D eigenvalue weighted by molar-refractivity contribution is -0.117. The number of aryl methyl sites for hydroxylation is 1. The molecule has 0 spiro atoms. The van der Waals surface area contributed by atoms with Crippen molar-refractivity contribution >= 4 is 17.6 Å². The summed E-state index contributed by atoms with van der Waals surface area (Å²) in [6.45, 7) is 1.18. The number of carbonyl (C=O) groups is 2. The molecule has 9 heteroatoms. The van der Waals surface area contributed by atoms with Crippen molar-refractivity contribution in [2.24, 2.45) is 5.92 Å². The predicted octanol–water partition coefficient (Wildman–Crippen LogP) is 2.71. The first-order chi connectivity index (χ1) is 13.4. The van der Waals surface area contributed by atoms with Gasteiger partial charge in [-0.3, -0.25) is 9.59 Å². The normalized spacial score (nSPS) is 13.3. The fourth-order valence-corrected chi connectivity index (χ4v) is 2.51. The predicted molar refractivity (Wildman–Crippen MR) is 97.2 cm³/mol. The average molecular weight is 390 g/mol. The van der Waals surface area contributed by atoms with Gasteiger partial charge in [-0.25, -0.2) is 18.7 Å². The number of aromatic nitrogens is 2. The van der Waals surface area contributed by atoms with E-state index in [1.165, 1.54) is 18.5 Å². The van der Waals surface area contributed by atoms with E-state index < -0.39 is 13.0 Å². The standard InChI is InChI=1S/C19H20F2N4O3/c1-11-6-12(9-24-19(11)28-10-15(20)21)8-23-17(26)14-4-5-22-16(7-14)25-18(27)13-2-3-13/h4-7,9,13,15H,2-3,8,10H2,1H3,(H,23,26)(H,22,25,27). The first-order valence-corrected chi connectivity index (χ1v) is 8.84. The lowest BCUT2D eigenvalue weighted by Gasteiger charge is -2.10. The van der Waals surface area contributed by atoms with Crippen LogP contribution in [0.25, 0.3) is 0 Å². The number of pyridine rings is 2. The van der Waals surface area contributed by atoms with E-state index in [0.717, 1.165) is 12.8 Å². The minimum atomic E-state index is -2.57. The van der Waals surface area contributed by atoms with Crippen LogP contribution < -0.4 is 15.4 Å². The molecule has 2 aromatic rings. The summed E-state index contributed by atoms with van der Waals surface area (Å²) >= 11 is 0. The van der Waals surface area contributed by atoms with Crippen LogP contribution in [0.1, 0.15) is 34.3 Å². The fourth-order valence-electron chi connectivity index (χ4n) is 2.51. The number of nitrogens with zero attached hydrogens (tertiary/aromatic N) is 2. The Kier molecular flexibility index (Phi) is 6.13. The third-order valence-electron chi connectivity index (χ3n) is 4.11. The van der Waals surface area contributed by atoms with Gasteiger partial charge in [-0.05, 0) is 43.5 Å². The molecule has 0 atom stereocenters. The van der Waals surface area contributed by atoms with E-state index in [0.29, 0.717) is 22.5 Å². The maximum absolute atomic E-state index is 12.4. The molecule has 7 nitrogen and oxygen atoms in total. The number of anilines is 1. The molecule has 1 fully saturated rings. The van der Waals surface area contributed by atoms with Gasteiger partial charge in [0.1, 0.15) is 5.82 Å². The molecule has 2 N–H and O–H groups in total. The zero-order valence-electron chi connectivity index (χ0n) is 15.2. The van der Waals surface area contributed by atoms with Crippen LogP contribution in [0, 0.1) is 12.8 Å². The van der Waals surface area contributed by atoms with Crippen molar-refractivity contribution in [2.75, 3.05) is 11.9 Å². The minimum Gasteiger partial charge on any atom is -0.471 e. The summed E-state index contributed by atoms with van der Waals surface area (Å²) in [6.07, 6.45) is 2.11. The number of hydrogen-bond donors (Lipinski definition) is 2. The van der Waals surface area contributed by atoms with Crippen molar-refractivity contribution in [1.82, 2.24) is 15.3 Å². The molecule has 0 saturated heterocycles.